The molecule has 2 nitrogen and oxygen atoms in total. The number of carbonyl (C=O) groups excluding carboxylic acids is 1. The molecule has 0 aromatic heterocycles. The Morgan fingerprint density at radius 1 is 1.47 bits per heavy atom. The summed E-state index contributed by atoms with van der Waals surface area (Å²) in [6, 6.07) is 7.89. The van der Waals surface area contributed by atoms with Gasteiger partial charge < -0.3 is 4.74 Å². The van der Waals surface area contributed by atoms with Crippen LogP contribution in [0.3, 0.4) is 0 Å². The zero-order valence-corrected chi connectivity index (χ0v) is 10.2. The lowest BCUT2D eigenvalue weighted by molar-refractivity contribution is -0.143. The van der Waals surface area contributed by atoms with Crippen LogP contribution in [0.1, 0.15) is 24.5 Å². The molecule has 0 radical (unpaired) electrons. The van der Waals surface area contributed by atoms with Gasteiger partial charge in [-0.25, -0.2) is 0 Å². The summed E-state index contributed by atoms with van der Waals surface area (Å²) in [4.78, 5) is 10.9. The van der Waals surface area contributed by atoms with Crippen LogP contribution in [0, 0.1) is 18.8 Å². The average molecular weight is 228 g/mol. The van der Waals surface area contributed by atoms with E-state index in [1.807, 2.05) is 31.2 Å². The first-order chi connectivity index (χ1) is 8.11. The van der Waals surface area contributed by atoms with Gasteiger partial charge in [-0.15, -0.1) is 6.58 Å². The summed E-state index contributed by atoms with van der Waals surface area (Å²) in [6.45, 7) is 7.02. The molecule has 1 aromatic rings. The van der Waals surface area contributed by atoms with Crippen LogP contribution in [0.25, 0.3) is 0 Å². The van der Waals surface area contributed by atoms with Gasteiger partial charge in [0.15, 0.2) is 6.10 Å². The van der Waals surface area contributed by atoms with Crippen LogP contribution >= 0.6 is 0 Å². The molecule has 0 aliphatic heterocycles. The predicted octanol–water partition coefficient (Wildman–Crippen LogP) is 2.85. The summed E-state index contributed by atoms with van der Waals surface area (Å²) >= 11 is 0. The Hall–Kier alpha value is -2.01. The number of benzene rings is 1. The minimum atomic E-state index is -0.411. The summed E-state index contributed by atoms with van der Waals surface area (Å²) < 4.78 is 5.05. The van der Waals surface area contributed by atoms with Crippen LogP contribution in [-0.4, -0.2) is 12.1 Å². The smallest absolute Gasteiger partial charge is 0.303 e. The summed E-state index contributed by atoms with van der Waals surface area (Å²) in [5.74, 6) is 5.59. The van der Waals surface area contributed by atoms with Gasteiger partial charge in [0.2, 0.25) is 0 Å². The highest BCUT2D eigenvalue weighted by molar-refractivity contribution is 5.66. The molecule has 0 fully saturated rings. The first-order valence-corrected chi connectivity index (χ1v) is 5.48. The molecular weight excluding hydrogens is 212 g/mol. The first kappa shape index (κ1) is 13.1. The lowest BCUT2D eigenvalue weighted by atomic mass is 10.1. The molecule has 1 aromatic carbocycles. The number of carbonyl (C=O) groups is 1. The summed E-state index contributed by atoms with van der Waals surface area (Å²) in [6.07, 6.45) is 1.82. The van der Waals surface area contributed by atoms with E-state index >= 15 is 0 Å². The highest BCUT2D eigenvalue weighted by Gasteiger charge is 2.05. The van der Waals surface area contributed by atoms with Gasteiger partial charge in [0.05, 0.1) is 0 Å². The molecule has 1 unspecified atom stereocenters. The van der Waals surface area contributed by atoms with Gasteiger partial charge in [-0.2, -0.15) is 0 Å². The van der Waals surface area contributed by atoms with E-state index in [1.165, 1.54) is 12.5 Å². The quantitative estimate of drug-likeness (QED) is 0.452. The van der Waals surface area contributed by atoms with Crippen molar-refractivity contribution in [2.75, 3.05) is 0 Å². The summed E-state index contributed by atoms with van der Waals surface area (Å²) in [5.41, 5.74) is 2.11. The van der Waals surface area contributed by atoms with Crippen molar-refractivity contribution < 1.29 is 9.53 Å². The van der Waals surface area contributed by atoms with Gasteiger partial charge in [-0.05, 0) is 19.1 Å². The second-order valence-electron chi connectivity index (χ2n) is 3.76. The summed E-state index contributed by atoms with van der Waals surface area (Å²) in [5, 5.41) is 0. The van der Waals surface area contributed by atoms with Crippen LogP contribution in [0.2, 0.25) is 0 Å². The van der Waals surface area contributed by atoms with Gasteiger partial charge in [-0.1, -0.05) is 35.6 Å². The maximum absolute atomic E-state index is 10.9. The van der Waals surface area contributed by atoms with Gasteiger partial charge in [-0.3, -0.25) is 4.79 Å². The Kier molecular flexibility index (Phi) is 5.03. The van der Waals surface area contributed by atoms with Crippen molar-refractivity contribution >= 4 is 5.97 Å². The van der Waals surface area contributed by atoms with Crippen molar-refractivity contribution in [2.24, 2.45) is 0 Å². The van der Waals surface area contributed by atoms with E-state index in [-0.39, 0.29) is 5.97 Å². The Morgan fingerprint density at radius 3 is 2.65 bits per heavy atom. The number of rotatable bonds is 3. The molecule has 0 N–H and O–H groups in total. The monoisotopic (exact) mass is 228 g/mol. The molecule has 0 aliphatic rings. The normalized spacial score (nSPS) is 10.9. The Morgan fingerprint density at radius 2 is 2.12 bits per heavy atom. The van der Waals surface area contributed by atoms with E-state index in [1.54, 1.807) is 6.08 Å². The SMILES string of the molecule is C=CCC(C#Cc1ccc(C)cc1)OC(C)=O. The zero-order chi connectivity index (χ0) is 12.7. The fraction of sp³-hybridized carbons (Fsp3) is 0.267. The molecule has 0 amide bonds. The lowest BCUT2D eigenvalue weighted by Crippen LogP contribution is -2.13. The van der Waals surface area contributed by atoms with E-state index in [2.05, 4.69) is 18.4 Å². The van der Waals surface area contributed by atoms with Gasteiger partial charge in [0, 0.05) is 18.9 Å². The minimum Gasteiger partial charge on any atom is -0.449 e. The number of esters is 1. The number of hydrogen-bond acceptors (Lipinski definition) is 2. The third-order valence-electron chi connectivity index (χ3n) is 2.12. The van der Waals surface area contributed by atoms with Crippen LogP contribution in [0.5, 0.6) is 0 Å². The molecule has 88 valence electrons. The molecule has 0 heterocycles. The molecule has 2 heteroatoms. The van der Waals surface area contributed by atoms with Crippen molar-refractivity contribution in [3.8, 4) is 11.8 Å². The third kappa shape index (κ3) is 5.03. The third-order valence-corrected chi connectivity index (χ3v) is 2.12. The van der Waals surface area contributed by atoms with Gasteiger partial charge in [0.1, 0.15) is 0 Å². The van der Waals surface area contributed by atoms with E-state index in [4.69, 9.17) is 4.74 Å². The van der Waals surface area contributed by atoms with Crippen molar-refractivity contribution in [1.29, 1.82) is 0 Å². The molecule has 1 rings (SSSR count). The lowest BCUT2D eigenvalue weighted by Gasteiger charge is -2.07. The Labute approximate surface area is 102 Å². The highest BCUT2D eigenvalue weighted by Crippen LogP contribution is 2.03. The van der Waals surface area contributed by atoms with E-state index < -0.39 is 6.10 Å². The van der Waals surface area contributed by atoms with E-state index in [0.717, 1.165) is 5.56 Å². The molecule has 0 aliphatic carbocycles. The average Bonchev–Trinajstić information content (AvgIpc) is 2.27. The molecule has 0 saturated heterocycles. The Bertz CT molecular complexity index is 446. The number of aryl methyl sites for hydroxylation is 1. The fourth-order valence-corrected chi connectivity index (χ4v) is 1.29. The van der Waals surface area contributed by atoms with Crippen molar-refractivity contribution in [1.82, 2.24) is 0 Å². The topological polar surface area (TPSA) is 26.3 Å². The zero-order valence-electron chi connectivity index (χ0n) is 10.2. The van der Waals surface area contributed by atoms with Crippen LogP contribution in [0.4, 0.5) is 0 Å². The highest BCUT2D eigenvalue weighted by atomic mass is 16.5. The van der Waals surface area contributed by atoms with Gasteiger partial charge >= 0.3 is 5.97 Å². The van der Waals surface area contributed by atoms with E-state index in [0.29, 0.717) is 6.42 Å². The second kappa shape index (κ2) is 6.55. The number of hydrogen-bond donors (Lipinski definition) is 0. The molecule has 0 spiro atoms. The van der Waals surface area contributed by atoms with Crippen molar-refractivity contribution in [3.05, 3.63) is 48.0 Å². The molecule has 17 heavy (non-hydrogen) atoms. The molecule has 1 atom stereocenters. The molecule has 0 bridgehead atoms. The van der Waals surface area contributed by atoms with E-state index in [9.17, 15) is 4.79 Å². The minimum absolute atomic E-state index is 0.324. The molecule has 0 saturated carbocycles. The van der Waals surface area contributed by atoms with Crippen LogP contribution in [0.15, 0.2) is 36.9 Å². The fourth-order valence-electron chi connectivity index (χ4n) is 1.29. The van der Waals surface area contributed by atoms with Gasteiger partial charge in [0.25, 0.3) is 0 Å². The maximum Gasteiger partial charge on any atom is 0.303 e. The number of ether oxygens (including phenoxy) is 1. The maximum atomic E-state index is 10.9. The van der Waals surface area contributed by atoms with Crippen molar-refractivity contribution in [3.63, 3.8) is 0 Å². The predicted molar refractivity (Wildman–Crippen MR) is 68.4 cm³/mol. The standard InChI is InChI=1S/C15H16O2/c1-4-5-15(17-13(3)16)11-10-14-8-6-12(2)7-9-14/h4,6-9,15H,1,5H2,2-3H3. The van der Waals surface area contributed by atoms with Crippen LogP contribution in [-0.2, 0) is 9.53 Å². The van der Waals surface area contributed by atoms with Crippen molar-refractivity contribution in [2.45, 2.75) is 26.4 Å². The summed E-state index contributed by atoms with van der Waals surface area (Å²) in [7, 11) is 0. The molecular formula is C15H16O2. The van der Waals surface area contributed by atoms with Crippen LogP contribution < -0.4 is 0 Å². The first-order valence-electron chi connectivity index (χ1n) is 5.48. The second-order valence-corrected chi connectivity index (χ2v) is 3.76. The largest absolute Gasteiger partial charge is 0.449 e. The Balaban J connectivity index is 2.75.